The lowest BCUT2D eigenvalue weighted by molar-refractivity contribution is 0.616. The molecule has 1 heterocycles. The van der Waals surface area contributed by atoms with E-state index < -0.39 is 0 Å². The molecule has 0 aliphatic carbocycles. The Balaban J connectivity index is 2.26. The molecule has 0 bridgehead atoms. The number of hydrazine groups is 1. The third-order valence-electron chi connectivity index (χ3n) is 3.11. The Morgan fingerprint density at radius 2 is 1.95 bits per heavy atom. The minimum Gasteiger partial charge on any atom is -0.271 e. The Labute approximate surface area is 114 Å². The van der Waals surface area contributed by atoms with E-state index in [1.807, 2.05) is 13.0 Å². The molecule has 0 spiro atoms. The van der Waals surface area contributed by atoms with Crippen LogP contribution in [-0.4, -0.2) is 9.97 Å². The fourth-order valence-electron chi connectivity index (χ4n) is 2.15. The van der Waals surface area contributed by atoms with E-state index in [1.165, 1.54) is 5.56 Å². The van der Waals surface area contributed by atoms with E-state index in [1.54, 1.807) is 6.20 Å². The molecule has 0 aliphatic rings. The first-order chi connectivity index (χ1) is 9.24. The zero-order valence-corrected chi connectivity index (χ0v) is 11.4. The molecule has 0 radical (unpaired) electrons. The van der Waals surface area contributed by atoms with Crippen molar-refractivity contribution in [1.82, 2.24) is 15.4 Å². The number of nitrogens with one attached hydrogen (secondary N) is 1. The highest BCUT2D eigenvalue weighted by Crippen LogP contribution is 2.20. The summed E-state index contributed by atoms with van der Waals surface area (Å²) in [5.41, 5.74) is 6.17. The minimum atomic E-state index is -0.0997. The Hall–Kier alpha value is -1.78. The molecule has 1 atom stereocenters. The average Bonchev–Trinajstić information content (AvgIpc) is 2.42. The molecule has 4 nitrogen and oxygen atoms in total. The largest absolute Gasteiger partial charge is 0.271 e. The molecule has 0 saturated carbocycles. The Bertz CT molecular complexity index is 522. The molecule has 2 rings (SSSR count). The highest BCUT2D eigenvalue weighted by atomic mass is 15.2. The zero-order valence-electron chi connectivity index (χ0n) is 11.4. The van der Waals surface area contributed by atoms with Crippen LogP contribution >= 0.6 is 0 Å². The van der Waals surface area contributed by atoms with Crippen LogP contribution in [0.4, 0.5) is 0 Å². The number of aryl methyl sites for hydroxylation is 2. The maximum Gasteiger partial charge on any atom is 0.125 e. The monoisotopic (exact) mass is 256 g/mol. The van der Waals surface area contributed by atoms with Crippen LogP contribution in [0, 0.1) is 6.92 Å². The van der Waals surface area contributed by atoms with Gasteiger partial charge in [-0.3, -0.25) is 5.84 Å². The van der Waals surface area contributed by atoms with Gasteiger partial charge in [-0.05, 0) is 30.5 Å². The standard InChI is InChI=1S/C15H20N4/c1-3-4-12-5-7-13(8-6-12)15(19-16)14-9-10-17-11(2)18-14/h5-10,15,19H,3-4,16H2,1-2H3. The number of aromatic nitrogens is 2. The van der Waals surface area contributed by atoms with Gasteiger partial charge in [0.1, 0.15) is 5.82 Å². The average molecular weight is 256 g/mol. The van der Waals surface area contributed by atoms with E-state index in [0.29, 0.717) is 0 Å². The molecule has 0 aliphatic heterocycles. The number of nitrogens with zero attached hydrogens (tertiary/aromatic N) is 2. The molecule has 0 fully saturated rings. The van der Waals surface area contributed by atoms with E-state index in [9.17, 15) is 0 Å². The Morgan fingerprint density at radius 3 is 2.53 bits per heavy atom. The normalized spacial score (nSPS) is 12.4. The molecular weight excluding hydrogens is 236 g/mol. The molecule has 2 aromatic rings. The van der Waals surface area contributed by atoms with E-state index in [4.69, 9.17) is 5.84 Å². The van der Waals surface area contributed by atoms with Gasteiger partial charge >= 0.3 is 0 Å². The van der Waals surface area contributed by atoms with Gasteiger partial charge in [-0.2, -0.15) is 0 Å². The summed E-state index contributed by atoms with van der Waals surface area (Å²) in [6, 6.07) is 10.3. The van der Waals surface area contributed by atoms with Gasteiger partial charge in [0.25, 0.3) is 0 Å². The van der Waals surface area contributed by atoms with Crippen molar-refractivity contribution in [2.75, 3.05) is 0 Å². The zero-order chi connectivity index (χ0) is 13.7. The minimum absolute atomic E-state index is 0.0997. The molecule has 4 heteroatoms. The SMILES string of the molecule is CCCc1ccc(C(NN)c2ccnc(C)n2)cc1. The molecule has 0 saturated heterocycles. The third kappa shape index (κ3) is 3.36. The summed E-state index contributed by atoms with van der Waals surface area (Å²) in [4.78, 5) is 8.53. The first kappa shape index (κ1) is 13.6. The first-order valence-electron chi connectivity index (χ1n) is 6.59. The van der Waals surface area contributed by atoms with Gasteiger partial charge in [0.05, 0.1) is 11.7 Å². The van der Waals surface area contributed by atoms with Crippen LogP contribution in [0.1, 0.15) is 42.0 Å². The van der Waals surface area contributed by atoms with Crippen molar-refractivity contribution in [3.8, 4) is 0 Å². The van der Waals surface area contributed by atoms with Crippen LogP contribution < -0.4 is 11.3 Å². The van der Waals surface area contributed by atoms with Gasteiger partial charge < -0.3 is 0 Å². The predicted molar refractivity (Wildman–Crippen MR) is 76.4 cm³/mol. The van der Waals surface area contributed by atoms with Crippen LogP contribution in [0.3, 0.4) is 0 Å². The van der Waals surface area contributed by atoms with Crippen molar-refractivity contribution in [3.05, 3.63) is 59.2 Å². The summed E-state index contributed by atoms with van der Waals surface area (Å²) >= 11 is 0. The van der Waals surface area contributed by atoms with Gasteiger partial charge in [0, 0.05) is 6.20 Å². The van der Waals surface area contributed by atoms with E-state index in [2.05, 4.69) is 46.6 Å². The molecule has 3 N–H and O–H groups in total. The first-order valence-corrected chi connectivity index (χ1v) is 6.59. The highest BCUT2D eigenvalue weighted by molar-refractivity contribution is 5.30. The van der Waals surface area contributed by atoms with Crippen molar-refractivity contribution >= 4 is 0 Å². The summed E-state index contributed by atoms with van der Waals surface area (Å²) in [5, 5.41) is 0. The van der Waals surface area contributed by atoms with Crippen molar-refractivity contribution in [3.63, 3.8) is 0 Å². The maximum atomic E-state index is 5.67. The van der Waals surface area contributed by atoms with Gasteiger partial charge in [-0.15, -0.1) is 0 Å². The smallest absolute Gasteiger partial charge is 0.125 e. The van der Waals surface area contributed by atoms with Crippen molar-refractivity contribution < 1.29 is 0 Å². The Kier molecular flexibility index (Phi) is 4.60. The number of nitrogens with two attached hydrogens (primary N) is 1. The van der Waals surface area contributed by atoms with Gasteiger partial charge in [0.2, 0.25) is 0 Å². The maximum absolute atomic E-state index is 5.67. The quantitative estimate of drug-likeness (QED) is 0.636. The second-order valence-electron chi connectivity index (χ2n) is 4.62. The fraction of sp³-hybridized carbons (Fsp3) is 0.333. The summed E-state index contributed by atoms with van der Waals surface area (Å²) in [7, 11) is 0. The second-order valence-corrected chi connectivity index (χ2v) is 4.62. The summed E-state index contributed by atoms with van der Waals surface area (Å²) in [6.45, 7) is 4.06. The van der Waals surface area contributed by atoms with E-state index >= 15 is 0 Å². The number of hydrogen-bond donors (Lipinski definition) is 2. The third-order valence-corrected chi connectivity index (χ3v) is 3.11. The molecule has 1 unspecified atom stereocenters. The van der Waals surface area contributed by atoms with Crippen molar-refractivity contribution in [1.29, 1.82) is 0 Å². The van der Waals surface area contributed by atoms with Gasteiger partial charge in [-0.1, -0.05) is 37.6 Å². The number of rotatable bonds is 5. The summed E-state index contributed by atoms with van der Waals surface area (Å²) in [5.74, 6) is 6.42. The molecule has 100 valence electrons. The second kappa shape index (κ2) is 6.41. The summed E-state index contributed by atoms with van der Waals surface area (Å²) in [6.07, 6.45) is 4.02. The van der Waals surface area contributed by atoms with Crippen LogP contribution in [-0.2, 0) is 6.42 Å². The van der Waals surface area contributed by atoms with Crippen molar-refractivity contribution in [2.45, 2.75) is 32.7 Å². The Morgan fingerprint density at radius 1 is 1.21 bits per heavy atom. The van der Waals surface area contributed by atoms with E-state index in [0.717, 1.165) is 29.9 Å². The fourth-order valence-corrected chi connectivity index (χ4v) is 2.15. The lowest BCUT2D eigenvalue weighted by atomic mass is 10.0. The van der Waals surface area contributed by atoms with Gasteiger partial charge in [0.15, 0.2) is 0 Å². The predicted octanol–water partition coefficient (Wildman–Crippen LogP) is 2.29. The number of benzene rings is 1. The van der Waals surface area contributed by atoms with Crippen LogP contribution in [0.5, 0.6) is 0 Å². The highest BCUT2D eigenvalue weighted by Gasteiger charge is 2.13. The van der Waals surface area contributed by atoms with Crippen LogP contribution in [0.2, 0.25) is 0 Å². The molecule has 19 heavy (non-hydrogen) atoms. The van der Waals surface area contributed by atoms with Crippen molar-refractivity contribution in [2.24, 2.45) is 5.84 Å². The van der Waals surface area contributed by atoms with Crippen LogP contribution in [0.25, 0.3) is 0 Å². The molecule has 1 aromatic heterocycles. The molecule has 1 aromatic carbocycles. The molecule has 0 amide bonds. The topological polar surface area (TPSA) is 63.8 Å². The summed E-state index contributed by atoms with van der Waals surface area (Å²) < 4.78 is 0. The number of hydrogen-bond acceptors (Lipinski definition) is 4. The molecular formula is C15H20N4. The van der Waals surface area contributed by atoms with Crippen LogP contribution in [0.15, 0.2) is 36.5 Å². The lowest BCUT2D eigenvalue weighted by Crippen LogP contribution is -2.29. The van der Waals surface area contributed by atoms with Gasteiger partial charge in [-0.25, -0.2) is 15.4 Å². The van der Waals surface area contributed by atoms with E-state index in [-0.39, 0.29) is 6.04 Å². The lowest BCUT2D eigenvalue weighted by Gasteiger charge is -2.16.